The molecule has 0 aliphatic rings. The van der Waals surface area contributed by atoms with Crippen molar-refractivity contribution in [1.82, 2.24) is 10.3 Å². The lowest BCUT2D eigenvalue weighted by Crippen LogP contribution is -2.11. The normalized spacial score (nSPS) is 11.1. The summed E-state index contributed by atoms with van der Waals surface area (Å²) in [5.74, 6) is 0.964. The van der Waals surface area contributed by atoms with Crippen molar-refractivity contribution < 1.29 is 4.42 Å². The first-order valence-corrected chi connectivity index (χ1v) is 5.71. The number of fused-ring (bicyclic) bond motifs is 1. The first kappa shape index (κ1) is 10.2. The van der Waals surface area contributed by atoms with Crippen LogP contribution in [0.5, 0.6) is 0 Å². The third-order valence-electron chi connectivity index (χ3n) is 2.83. The molecule has 0 saturated heterocycles. The molecule has 2 heterocycles. The maximum absolute atomic E-state index is 5.26. The molecule has 3 rings (SSSR count). The Morgan fingerprint density at radius 3 is 3.00 bits per heavy atom. The second-order valence-electron chi connectivity index (χ2n) is 4.08. The van der Waals surface area contributed by atoms with Crippen molar-refractivity contribution in [3.8, 4) is 0 Å². The molecule has 2 N–H and O–H groups in total. The number of aromatic amines is 1. The van der Waals surface area contributed by atoms with Gasteiger partial charge in [-0.15, -0.1) is 0 Å². The van der Waals surface area contributed by atoms with Crippen LogP contribution in [0.2, 0.25) is 0 Å². The van der Waals surface area contributed by atoms with E-state index in [1.54, 1.807) is 6.26 Å². The SMILES string of the molecule is c1coc(CNCc2ccc3cc[nH]c3c2)c1. The Morgan fingerprint density at radius 1 is 1.12 bits per heavy atom. The van der Waals surface area contributed by atoms with Crippen molar-refractivity contribution in [2.75, 3.05) is 0 Å². The molecule has 3 heteroatoms. The van der Waals surface area contributed by atoms with Crippen LogP contribution in [0.15, 0.2) is 53.3 Å². The second-order valence-corrected chi connectivity index (χ2v) is 4.08. The third-order valence-corrected chi connectivity index (χ3v) is 2.83. The van der Waals surface area contributed by atoms with Gasteiger partial charge in [0.15, 0.2) is 0 Å². The molecule has 0 unspecified atom stereocenters. The number of H-pyrrole nitrogens is 1. The summed E-state index contributed by atoms with van der Waals surface area (Å²) >= 11 is 0. The molecule has 3 nitrogen and oxygen atoms in total. The van der Waals surface area contributed by atoms with Gasteiger partial charge in [0, 0.05) is 18.3 Å². The highest BCUT2D eigenvalue weighted by molar-refractivity contribution is 5.79. The predicted molar refractivity (Wildman–Crippen MR) is 67.6 cm³/mol. The van der Waals surface area contributed by atoms with Crippen molar-refractivity contribution in [1.29, 1.82) is 0 Å². The van der Waals surface area contributed by atoms with E-state index in [2.05, 4.69) is 34.6 Å². The Kier molecular flexibility index (Phi) is 2.68. The van der Waals surface area contributed by atoms with E-state index in [9.17, 15) is 0 Å². The van der Waals surface area contributed by atoms with Gasteiger partial charge in [-0.3, -0.25) is 0 Å². The smallest absolute Gasteiger partial charge is 0.117 e. The third kappa shape index (κ3) is 2.24. The molecule has 0 atom stereocenters. The van der Waals surface area contributed by atoms with E-state index in [1.807, 2.05) is 18.3 Å². The number of nitrogens with one attached hydrogen (secondary N) is 2. The Labute approximate surface area is 99.5 Å². The van der Waals surface area contributed by atoms with Gasteiger partial charge in [0.05, 0.1) is 12.8 Å². The summed E-state index contributed by atoms with van der Waals surface area (Å²) in [7, 11) is 0. The monoisotopic (exact) mass is 226 g/mol. The molecular weight excluding hydrogens is 212 g/mol. The molecular formula is C14H14N2O. The molecule has 1 aromatic carbocycles. The molecule has 0 spiro atoms. The maximum Gasteiger partial charge on any atom is 0.117 e. The highest BCUT2D eigenvalue weighted by atomic mass is 16.3. The average Bonchev–Trinajstić information content (AvgIpc) is 2.98. The van der Waals surface area contributed by atoms with Crippen LogP contribution in [0.1, 0.15) is 11.3 Å². The topological polar surface area (TPSA) is 41.0 Å². The standard InChI is InChI=1S/C14H14N2O/c1-2-13(17-7-1)10-15-9-11-3-4-12-5-6-16-14(12)8-11/h1-8,15-16H,9-10H2. The van der Waals surface area contributed by atoms with Crippen molar-refractivity contribution in [3.63, 3.8) is 0 Å². The summed E-state index contributed by atoms with van der Waals surface area (Å²) in [4.78, 5) is 3.22. The highest BCUT2D eigenvalue weighted by Crippen LogP contribution is 2.14. The van der Waals surface area contributed by atoms with Crippen molar-refractivity contribution >= 4 is 10.9 Å². The Morgan fingerprint density at radius 2 is 2.12 bits per heavy atom. The van der Waals surface area contributed by atoms with Gasteiger partial charge in [0.25, 0.3) is 0 Å². The minimum Gasteiger partial charge on any atom is -0.468 e. The minimum absolute atomic E-state index is 0.760. The van der Waals surface area contributed by atoms with Gasteiger partial charge in [-0.05, 0) is 35.2 Å². The molecule has 0 aliphatic heterocycles. The van der Waals surface area contributed by atoms with E-state index in [0.717, 1.165) is 18.8 Å². The van der Waals surface area contributed by atoms with Crippen LogP contribution in [0, 0.1) is 0 Å². The van der Waals surface area contributed by atoms with E-state index in [0.29, 0.717) is 0 Å². The summed E-state index contributed by atoms with van der Waals surface area (Å²) in [6.45, 7) is 1.60. The average molecular weight is 226 g/mol. The zero-order chi connectivity index (χ0) is 11.5. The summed E-state index contributed by atoms with van der Waals surface area (Å²) in [6.07, 6.45) is 3.66. The Balaban J connectivity index is 1.64. The summed E-state index contributed by atoms with van der Waals surface area (Å²) in [6, 6.07) is 12.4. The van der Waals surface area contributed by atoms with Gasteiger partial charge < -0.3 is 14.7 Å². The Bertz CT molecular complexity index is 596. The fourth-order valence-electron chi connectivity index (χ4n) is 1.95. The number of benzene rings is 1. The lowest BCUT2D eigenvalue weighted by molar-refractivity contribution is 0.483. The van der Waals surface area contributed by atoms with Crippen LogP contribution in [0.25, 0.3) is 10.9 Å². The Hall–Kier alpha value is -2.00. The first-order valence-electron chi connectivity index (χ1n) is 5.71. The molecule has 2 aromatic heterocycles. The molecule has 0 fully saturated rings. The summed E-state index contributed by atoms with van der Waals surface area (Å²) < 4.78 is 5.26. The van der Waals surface area contributed by atoms with Crippen LogP contribution < -0.4 is 5.32 Å². The zero-order valence-electron chi connectivity index (χ0n) is 9.44. The van der Waals surface area contributed by atoms with E-state index >= 15 is 0 Å². The first-order chi connectivity index (χ1) is 8.42. The lowest BCUT2D eigenvalue weighted by Gasteiger charge is -2.03. The van der Waals surface area contributed by atoms with Crippen molar-refractivity contribution in [2.45, 2.75) is 13.1 Å². The quantitative estimate of drug-likeness (QED) is 0.717. The molecule has 0 radical (unpaired) electrons. The highest BCUT2D eigenvalue weighted by Gasteiger charge is 1.98. The minimum atomic E-state index is 0.760. The van der Waals surface area contributed by atoms with Crippen LogP contribution in [-0.2, 0) is 13.1 Å². The van der Waals surface area contributed by atoms with Gasteiger partial charge in [-0.2, -0.15) is 0 Å². The van der Waals surface area contributed by atoms with Crippen molar-refractivity contribution in [3.05, 3.63) is 60.2 Å². The number of hydrogen-bond donors (Lipinski definition) is 2. The van der Waals surface area contributed by atoms with Crippen LogP contribution in [0.4, 0.5) is 0 Å². The van der Waals surface area contributed by atoms with Crippen LogP contribution in [-0.4, -0.2) is 4.98 Å². The van der Waals surface area contributed by atoms with E-state index in [1.165, 1.54) is 16.5 Å². The van der Waals surface area contributed by atoms with Crippen LogP contribution >= 0.6 is 0 Å². The molecule has 17 heavy (non-hydrogen) atoms. The fourth-order valence-corrected chi connectivity index (χ4v) is 1.95. The van der Waals surface area contributed by atoms with Gasteiger partial charge in [-0.1, -0.05) is 12.1 Å². The van der Waals surface area contributed by atoms with Crippen molar-refractivity contribution in [2.24, 2.45) is 0 Å². The predicted octanol–water partition coefficient (Wildman–Crippen LogP) is 3.05. The summed E-state index contributed by atoms with van der Waals surface area (Å²) in [5, 5.41) is 4.60. The van der Waals surface area contributed by atoms with Gasteiger partial charge in [0.2, 0.25) is 0 Å². The molecule has 0 bridgehead atoms. The summed E-state index contributed by atoms with van der Waals surface area (Å²) in [5.41, 5.74) is 2.45. The number of rotatable bonds is 4. The fraction of sp³-hybridized carbons (Fsp3) is 0.143. The van der Waals surface area contributed by atoms with E-state index in [-0.39, 0.29) is 0 Å². The van der Waals surface area contributed by atoms with Crippen LogP contribution in [0.3, 0.4) is 0 Å². The molecule has 0 amide bonds. The second kappa shape index (κ2) is 4.47. The molecule has 3 aromatic rings. The van der Waals surface area contributed by atoms with Gasteiger partial charge in [-0.25, -0.2) is 0 Å². The van der Waals surface area contributed by atoms with E-state index in [4.69, 9.17) is 4.42 Å². The number of furan rings is 1. The van der Waals surface area contributed by atoms with Gasteiger partial charge >= 0.3 is 0 Å². The largest absolute Gasteiger partial charge is 0.468 e. The number of hydrogen-bond acceptors (Lipinski definition) is 2. The zero-order valence-corrected chi connectivity index (χ0v) is 9.44. The van der Waals surface area contributed by atoms with E-state index < -0.39 is 0 Å². The molecule has 86 valence electrons. The molecule has 0 saturated carbocycles. The maximum atomic E-state index is 5.26. The number of aromatic nitrogens is 1. The molecule has 0 aliphatic carbocycles. The van der Waals surface area contributed by atoms with Gasteiger partial charge in [0.1, 0.15) is 5.76 Å². The lowest BCUT2D eigenvalue weighted by atomic mass is 10.1.